The number of carboxylic acid groups (broad SMARTS) is 1. The molecule has 0 amide bonds. The maximum atomic E-state index is 13.5. The number of benzene rings is 1. The van der Waals surface area contributed by atoms with Gasteiger partial charge in [0.15, 0.2) is 11.5 Å². The fourth-order valence-electron chi connectivity index (χ4n) is 3.54. The Morgan fingerprint density at radius 1 is 1.21 bits per heavy atom. The largest absolute Gasteiger partial charge is 0.477 e. The van der Waals surface area contributed by atoms with Crippen LogP contribution >= 0.6 is 11.6 Å². The summed E-state index contributed by atoms with van der Waals surface area (Å²) in [4.78, 5) is 32.6. The van der Waals surface area contributed by atoms with Gasteiger partial charge in [-0.15, -0.1) is 0 Å². The fourth-order valence-corrected chi connectivity index (χ4v) is 3.72. The number of aliphatic hydroxyl groups is 1. The molecule has 38 heavy (non-hydrogen) atoms. The molecule has 3 heterocycles. The highest BCUT2D eigenvalue weighted by Crippen LogP contribution is 2.32. The summed E-state index contributed by atoms with van der Waals surface area (Å²) in [5, 5.41) is 25.0. The molecule has 4 aromatic rings. The van der Waals surface area contributed by atoms with E-state index in [1.165, 1.54) is 31.5 Å². The number of aromatic carboxylic acids is 1. The second-order valence-corrected chi connectivity index (χ2v) is 8.34. The van der Waals surface area contributed by atoms with Crippen LogP contribution in [-0.2, 0) is 12.7 Å². The lowest BCUT2D eigenvalue weighted by atomic mass is 10.1. The van der Waals surface area contributed by atoms with E-state index in [0.717, 1.165) is 27.4 Å². The van der Waals surface area contributed by atoms with Crippen molar-refractivity contribution < 1.29 is 32.6 Å². The molecule has 3 aromatic heterocycles. The summed E-state index contributed by atoms with van der Waals surface area (Å²) in [7, 11) is 0. The molecule has 1 aromatic carbocycles. The predicted molar refractivity (Wildman–Crippen MR) is 127 cm³/mol. The maximum Gasteiger partial charge on any atom is 0.435 e. The normalized spacial score (nSPS) is 11.6. The van der Waals surface area contributed by atoms with E-state index in [9.17, 15) is 37.4 Å². The van der Waals surface area contributed by atoms with Gasteiger partial charge in [-0.2, -0.15) is 23.3 Å². The number of nitrogens with zero attached hydrogens (tertiary/aromatic N) is 5. The molecule has 198 valence electrons. The number of aliphatic hydroxyl groups excluding tert-OH is 1. The second kappa shape index (κ2) is 10.2. The maximum absolute atomic E-state index is 13.5. The quantitative estimate of drug-likeness (QED) is 0.292. The zero-order valence-electron chi connectivity index (χ0n) is 19.3. The molecule has 0 unspecified atom stereocenters. The van der Waals surface area contributed by atoms with Crippen LogP contribution in [0.5, 0.6) is 0 Å². The molecular formula is C23H17ClF4N6O4. The Bertz CT molecular complexity index is 1600. The number of hydrogen-bond acceptors (Lipinski definition) is 7. The molecule has 0 atom stereocenters. The van der Waals surface area contributed by atoms with Crippen molar-refractivity contribution in [1.29, 1.82) is 0 Å². The molecule has 15 heteroatoms. The van der Waals surface area contributed by atoms with Crippen molar-refractivity contribution in [2.24, 2.45) is 0 Å². The van der Waals surface area contributed by atoms with Gasteiger partial charge < -0.3 is 20.1 Å². The van der Waals surface area contributed by atoms with Crippen molar-refractivity contribution in [3.63, 3.8) is 0 Å². The van der Waals surface area contributed by atoms with Gasteiger partial charge in [0.1, 0.15) is 11.4 Å². The molecule has 4 rings (SSSR count). The number of rotatable bonds is 7. The number of anilines is 2. The Morgan fingerprint density at radius 2 is 1.95 bits per heavy atom. The highest BCUT2D eigenvalue weighted by Gasteiger charge is 2.35. The number of hydrogen-bond donors (Lipinski definition) is 3. The Morgan fingerprint density at radius 3 is 2.55 bits per heavy atom. The van der Waals surface area contributed by atoms with E-state index in [2.05, 4.69) is 20.4 Å². The van der Waals surface area contributed by atoms with Crippen molar-refractivity contribution in [3.05, 3.63) is 80.9 Å². The molecule has 0 saturated heterocycles. The zero-order chi connectivity index (χ0) is 27.8. The molecule has 0 aliphatic carbocycles. The van der Waals surface area contributed by atoms with Crippen molar-refractivity contribution in [1.82, 2.24) is 24.3 Å². The predicted octanol–water partition coefficient (Wildman–Crippen LogP) is 4.04. The van der Waals surface area contributed by atoms with Gasteiger partial charge in [-0.1, -0.05) is 11.6 Å². The van der Waals surface area contributed by atoms with Gasteiger partial charge in [-0.3, -0.25) is 4.79 Å². The van der Waals surface area contributed by atoms with Gasteiger partial charge in [0.05, 0.1) is 11.6 Å². The molecule has 0 bridgehead atoms. The highest BCUT2D eigenvalue weighted by atomic mass is 35.5. The van der Waals surface area contributed by atoms with E-state index in [1.54, 1.807) is 0 Å². The van der Waals surface area contributed by atoms with Crippen LogP contribution in [0.15, 0.2) is 47.5 Å². The molecule has 0 saturated carbocycles. The van der Waals surface area contributed by atoms with Gasteiger partial charge in [0.25, 0.3) is 5.56 Å². The Balaban J connectivity index is 1.94. The summed E-state index contributed by atoms with van der Waals surface area (Å²) < 4.78 is 55.6. The number of pyridine rings is 1. The van der Waals surface area contributed by atoms with Gasteiger partial charge in [-0.05, 0) is 37.3 Å². The lowest BCUT2D eigenvalue weighted by molar-refractivity contribution is -0.141. The third-order valence-electron chi connectivity index (χ3n) is 5.29. The number of nitrogens with one attached hydrogen (secondary N) is 1. The summed E-state index contributed by atoms with van der Waals surface area (Å²) in [6, 6.07) is 5.50. The van der Waals surface area contributed by atoms with Gasteiger partial charge in [0, 0.05) is 41.4 Å². The summed E-state index contributed by atoms with van der Waals surface area (Å²) >= 11 is 5.80. The van der Waals surface area contributed by atoms with Crippen LogP contribution in [-0.4, -0.2) is 47.1 Å². The van der Waals surface area contributed by atoms with Crippen LogP contribution in [0.4, 0.5) is 29.2 Å². The van der Waals surface area contributed by atoms with Crippen molar-refractivity contribution in [2.75, 3.05) is 11.9 Å². The van der Waals surface area contributed by atoms with E-state index in [0.29, 0.717) is 0 Å². The minimum atomic E-state index is -4.76. The van der Waals surface area contributed by atoms with E-state index in [4.69, 9.17) is 11.6 Å². The molecule has 0 aliphatic rings. The third-order valence-corrected chi connectivity index (χ3v) is 5.58. The fraction of sp³-hybridized carbons (Fsp3) is 0.174. The lowest BCUT2D eigenvalue weighted by Gasteiger charge is -2.15. The Hall–Kier alpha value is -4.30. The molecule has 0 radical (unpaired) electrons. The van der Waals surface area contributed by atoms with Crippen LogP contribution in [0.2, 0.25) is 5.02 Å². The topological polar surface area (TPSA) is 135 Å². The van der Waals surface area contributed by atoms with Crippen molar-refractivity contribution in [2.45, 2.75) is 19.6 Å². The summed E-state index contributed by atoms with van der Waals surface area (Å²) in [5.41, 5.74) is -2.33. The number of halogens is 5. The van der Waals surface area contributed by atoms with Crippen molar-refractivity contribution in [3.8, 4) is 16.9 Å². The van der Waals surface area contributed by atoms with Crippen LogP contribution in [0.1, 0.15) is 21.7 Å². The average Bonchev–Trinajstić information content (AvgIpc) is 3.25. The van der Waals surface area contributed by atoms with E-state index in [-0.39, 0.29) is 45.8 Å². The number of carboxylic acids is 1. The van der Waals surface area contributed by atoms with Gasteiger partial charge in [0.2, 0.25) is 5.95 Å². The lowest BCUT2D eigenvalue weighted by Crippen LogP contribution is -2.27. The van der Waals surface area contributed by atoms with Gasteiger partial charge >= 0.3 is 12.1 Å². The van der Waals surface area contributed by atoms with Crippen LogP contribution < -0.4 is 10.9 Å². The average molecular weight is 553 g/mol. The van der Waals surface area contributed by atoms with Gasteiger partial charge in [-0.25, -0.2) is 18.9 Å². The highest BCUT2D eigenvalue weighted by molar-refractivity contribution is 6.31. The minimum absolute atomic E-state index is 0.0294. The molecule has 3 N–H and O–H groups in total. The smallest absolute Gasteiger partial charge is 0.435 e. The van der Waals surface area contributed by atoms with Crippen LogP contribution in [0, 0.1) is 12.7 Å². The first-order chi connectivity index (χ1) is 17.9. The minimum Gasteiger partial charge on any atom is -0.477 e. The Labute approximate surface area is 215 Å². The van der Waals surface area contributed by atoms with E-state index < -0.39 is 41.4 Å². The number of alkyl halides is 3. The number of carbonyl (C=O) groups is 1. The van der Waals surface area contributed by atoms with Crippen LogP contribution in [0.3, 0.4) is 0 Å². The molecular weight excluding hydrogens is 536 g/mol. The molecule has 0 spiro atoms. The Kier molecular flexibility index (Phi) is 7.20. The number of aromatic nitrogens is 5. The molecule has 0 fully saturated rings. The summed E-state index contributed by atoms with van der Waals surface area (Å²) in [6.45, 7) is 0.630. The van der Waals surface area contributed by atoms with Crippen LogP contribution in [0.25, 0.3) is 16.9 Å². The zero-order valence-corrected chi connectivity index (χ0v) is 20.0. The van der Waals surface area contributed by atoms with E-state index in [1.807, 2.05) is 0 Å². The second-order valence-electron chi connectivity index (χ2n) is 7.94. The first-order valence-corrected chi connectivity index (χ1v) is 11.1. The molecule has 10 nitrogen and oxygen atoms in total. The standard InChI is InChI=1S/C23H17ClF4N6O4/c1-11-6-18(23(26,27)28)32-34(11)19-15(12-7-14(21(37)38)20(36)33(10-12)4-5-35)9-29-22(31-19)30-13-2-3-17(25)16(24)8-13/h2-3,6-10,35H,4-5H2,1H3,(H,37,38)(H,29,30,31). The summed E-state index contributed by atoms with van der Waals surface area (Å²) in [5.74, 6) is -2.54. The number of aryl methyl sites for hydroxylation is 1. The molecule has 0 aliphatic heterocycles. The SMILES string of the molecule is Cc1cc(C(F)(F)F)nn1-c1nc(Nc2ccc(F)c(Cl)c2)ncc1-c1cc(C(=O)O)c(=O)n(CCO)c1. The third kappa shape index (κ3) is 5.35. The van der Waals surface area contributed by atoms with Crippen molar-refractivity contribution >= 4 is 29.2 Å². The first kappa shape index (κ1) is 26.8. The monoisotopic (exact) mass is 552 g/mol. The first-order valence-electron chi connectivity index (χ1n) is 10.7. The summed E-state index contributed by atoms with van der Waals surface area (Å²) in [6.07, 6.45) is -2.34. The van der Waals surface area contributed by atoms with E-state index >= 15 is 0 Å².